The van der Waals surface area contributed by atoms with Crippen LogP contribution >= 0.6 is 34.8 Å². The second-order valence-electron chi connectivity index (χ2n) is 5.39. The molecule has 1 aromatic heterocycles. The van der Waals surface area contributed by atoms with Crippen LogP contribution in [0.3, 0.4) is 0 Å². The topological polar surface area (TPSA) is 68.0 Å². The van der Waals surface area contributed by atoms with Crippen molar-refractivity contribution in [2.75, 3.05) is 0 Å². The highest BCUT2D eigenvalue weighted by molar-refractivity contribution is 6.36. The average molecular weight is 397 g/mol. The Morgan fingerprint density at radius 2 is 1.88 bits per heavy atom. The van der Waals surface area contributed by atoms with E-state index in [1.165, 1.54) is 29.5 Å². The average Bonchev–Trinajstić information content (AvgIpc) is 3.07. The molecule has 0 radical (unpaired) electrons. The lowest BCUT2D eigenvalue weighted by molar-refractivity contribution is 0.0182. The van der Waals surface area contributed by atoms with Crippen LogP contribution in [0.4, 0.5) is 0 Å². The van der Waals surface area contributed by atoms with E-state index in [-0.39, 0.29) is 27.7 Å². The van der Waals surface area contributed by atoms with Crippen LogP contribution in [0, 0.1) is 0 Å². The van der Waals surface area contributed by atoms with Gasteiger partial charge in [-0.2, -0.15) is 5.10 Å². The molecule has 0 spiro atoms. The van der Waals surface area contributed by atoms with Crippen LogP contribution in [0.15, 0.2) is 55.1 Å². The van der Waals surface area contributed by atoms with Crippen LogP contribution in [-0.2, 0) is 12.1 Å². The van der Waals surface area contributed by atoms with Crippen molar-refractivity contribution in [3.05, 3.63) is 81.3 Å². The van der Waals surface area contributed by atoms with Gasteiger partial charge in [0.05, 0.1) is 11.6 Å². The minimum atomic E-state index is -2.00. The molecule has 1 atom stereocenters. The quantitative estimate of drug-likeness (QED) is 0.662. The fourth-order valence-electron chi connectivity index (χ4n) is 2.52. The summed E-state index contributed by atoms with van der Waals surface area (Å²) in [5.41, 5.74) is -1.61. The highest BCUT2D eigenvalue weighted by Crippen LogP contribution is 2.35. The summed E-state index contributed by atoms with van der Waals surface area (Å²) in [5.74, 6) is -0.599. The molecule has 0 saturated carbocycles. The van der Waals surface area contributed by atoms with Crippen LogP contribution in [0.2, 0.25) is 15.1 Å². The number of aromatic nitrogens is 3. The molecule has 0 aliphatic heterocycles. The fraction of sp³-hybridized carbons (Fsp3) is 0.118. The number of halogens is 3. The smallest absolute Gasteiger partial charge is 0.202 e. The summed E-state index contributed by atoms with van der Waals surface area (Å²) < 4.78 is 1.35. The highest BCUT2D eigenvalue weighted by Gasteiger charge is 2.41. The van der Waals surface area contributed by atoms with Crippen LogP contribution in [0.25, 0.3) is 0 Å². The van der Waals surface area contributed by atoms with Crippen molar-refractivity contribution < 1.29 is 9.90 Å². The first-order valence-corrected chi connectivity index (χ1v) is 8.35. The maximum Gasteiger partial charge on any atom is 0.202 e. The van der Waals surface area contributed by atoms with Gasteiger partial charge in [-0.25, -0.2) is 9.67 Å². The molecular formula is C17H12Cl3N3O2. The fourth-order valence-corrected chi connectivity index (χ4v) is 3.31. The SMILES string of the molecule is O=C(c1ccccc1Cl)C(O)(Cn1cncn1)c1ccc(Cl)cc1Cl. The van der Waals surface area contributed by atoms with E-state index >= 15 is 0 Å². The van der Waals surface area contributed by atoms with E-state index in [2.05, 4.69) is 10.1 Å². The lowest BCUT2D eigenvalue weighted by Gasteiger charge is -2.28. The lowest BCUT2D eigenvalue weighted by atomic mass is 9.85. The molecule has 128 valence electrons. The van der Waals surface area contributed by atoms with Crippen LogP contribution in [0.5, 0.6) is 0 Å². The largest absolute Gasteiger partial charge is 0.375 e. The Morgan fingerprint density at radius 3 is 2.52 bits per heavy atom. The molecule has 0 aliphatic rings. The standard InChI is InChI=1S/C17H12Cl3N3O2/c18-11-5-6-13(15(20)7-11)17(25,8-23-10-21-9-22-23)16(24)12-3-1-2-4-14(12)19/h1-7,9-10,25H,8H2. The van der Waals surface area contributed by atoms with Crippen molar-refractivity contribution >= 4 is 40.6 Å². The third kappa shape index (κ3) is 3.55. The van der Waals surface area contributed by atoms with Crippen molar-refractivity contribution in [2.45, 2.75) is 12.1 Å². The van der Waals surface area contributed by atoms with Crippen molar-refractivity contribution in [1.29, 1.82) is 0 Å². The number of hydrogen-bond acceptors (Lipinski definition) is 4. The van der Waals surface area contributed by atoms with Gasteiger partial charge < -0.3 is 5.11 Å². The minimum absolute atomic E-state index is 0.163. The van der Waals surface area contributed by atoms with Gasteiger partial charge in [-0.15, -0.1) is 0 Å². The Morgan fingerprint density at radius 1 is 1.12 bits per heavy atom. The molecule has 3 rings (SSSR count). The molecule has 0 fully saturated rings. The number of Topliss-reactive ketones (excluding diaryl/α,β-unsaturated/α-hetero) is 1. The highest BCUT2D eigenvalue weighted by atomic mass is 35.5. The summed E-state index contributed by atoms with van der Waals surface area (Å²) in [5, 5.41) is 16.1. The molecule has 0 saturated heterocycles. The van der Waals surface area contributed by atoms with Crippen molar-refractivity contribution in [3.63, 3.8) is 0 Å². The van der Waals surface area contributed by atoms with E-state index < -0.39 is 11.4 Å². The van der Waals surface area contributed by atoms with Crippen molar-refractivity contribution in [2.24, 2.45) is 0 Å². The lowest BCUT2D eigenvalue weighted by Crippen LogP contribution is -2.40. The molecule has 25 heavy (non-hydrogen) atoms. The van der Waals surface area contributed by atoms with E-state index in [4.69, 9.17) is 34.8 Å². The van der Waals surface area contributed by atoms with Gasteiger partial charge in [-0.3, -0.25) is 4.79 Å². The van der Waals surface area contributed by atoms with Gasteiger partial charge in [-0.1, -0.05) is 53.0 Å². The molecular weight excluding hydrogens is 385 g/mol. The summed E-state index contributed by atoms with van der Waals surface area (Å²) in [4.78, 5) is 17.0. The first-order valence-electron chi connectivity index (χ1n) is 7.21. The molecule has 0 aliphatic carbocycles. The van der Waals surface area contributed by atoms with Crippen molar-refractivity contribution in [1.82, 2.24) is 14.8 Å². The first kappa shape index (κ1) is 17.9. The van der Waals surface area contributed by atoms with Gasteiger partial charge in [0, 0.05) is 21.2 Å². The molecule has 8 heteroatoms. The summed E-state index contributed by atoms with van der Waals surface area (Å²) in [6.07, 6.45) is 2.71. The normalized spacial score (nSPS) is 13.4. The summed E-state index contributed by atoms with van der Waals surface area (Å²) in [6, 6.07) is 11.0. The van der Waals surface area contributed by atoms with Crippen LogP contribution < -0.4 is 0 Å². The minimum Gasteiger partial charge on any atom is -0.375 e. The van der Waals surface area contributed by atoms with Gasteiger partial charge >= 0.3 is 0 Å². The molecule has 0 bridgehead atoms. The Bertz CT molecular complexity index is 915. The second kappa shape index (κ2) is 7.14. The zero-order valence-electron chi connectivity index (χ0n) is 12.7. The number of aliphatic hydroxyl groups is 1. The summed E-state index contributed by atoms with van der Waals surface area (Å²) in [7, 11) is 0. The third-order valence-corrected chi connectivity index (χ3v) is 4.61. The van der Waals surface area contributed by atoms with Gasteiger partial charge in [-0.05, 0) is 24.3 Å². The predicted octanol–water partition coefficient (Wildman–Crippen LogP) is 4.01. The summed E-state index contributed by atoms with van der Waals surface area (Å²) >= 11 is 18.3. The number of hydrogen-bond donors (Lipinski definition) is 1. The van der Waals surface area contributed by atoms with E-state index in [9.17, 15) is 9.90 Å². The van der Waals surface area contributed by atoms with E-state index in [0.717, 1.165) is 0 Å². The van der Waals surface area contributed by atoms with Crippen LogP contribution in [0.1, 0.15) is 15.9 Å². The maximum atomic E-state index is 13.2. The van der Waals surface area contributed by atoms with E-state index in [1.807, 2.05) is 0 Å². The van der Waals surface area contributed by atoms with E-state index in [0.29, 0.717) is 5.02 Å². The van der Waals surface area contributed by atoms with E-state index in [1.54, 1.807) is 30.3 Å². The van der Waals surface area contributed by atoms with Gasteiger partial charge in [0.15, 0.2) is 5.60 Å². The Labute approximate surface area is 158 Å². The Balaban J connectivity index is 2.15. The Kier molecular flexibility index (Phi) is 5.11. The predicted molar refractivity (Wildman–Crippen MR) is 96.2 cm³/mol. The number of benzene rings is 2. The van der Waals surface area contributed by atoms with Crippen molar-refractivity contribution in [3.8, 4) is 0 Å². The zero-order valence-corrected chi connectivity index (χ0v) is 15.0. The number of rotatable bonds is 5. The van der Waals surface area contributed by atoms with Gasteiger partial charge in [0.1, 0.15) is 12.7 Å². The molecule has 0 amide bonds. The Hall–Kier alpha value is -1.92. The second-order valence-corrected chi connectivity index (χ2v) is 6.64. The molecule has 1 unspecified atom stereocenters. The van der Waals surface area contributed by atoms with Crippen LogP contribution in [-0.4, -0.2) is 25.7 Å². The van der Waals surface area contributed by atoms with Gasteiger partial charge in [0.2, 0.25) is 5.78 Å². The first-order chi connectivity index (χ1) is 11.9. The molecule has 3 aromatic rings. The molecule has 2 aromatic carbocycles. The third-order valence-electron chi connectivity index (χ3n) is 3.73. The number of nitrogens with zero attached hydrogens (tertiary/aromatic N) is 3. The maximum absolute atomic E-state index is 13.2. The number of carbonyl (C=O) groups excluding carboxylic acids is 1. The summed E-state index contributed by atoms with van der Waals surface area (Å²) in [6.45, 7) is -0.182. The van der Waals surface area contributed by atoms with Gasteiger partial charge in [0.25, 0.3) is 0 Å². The zero-order chi connectivity index (χ0) is 18.0. The number of ketones is 1. The molecule has 1 N–H and O–H groups in total. The monoisotopic (exact) mass is 395 g/mol. The number of carbonyl (C=O) groups is 1. The molecule has 1 heterocycles. The molecule has 5 nitrogen and oxygen atoms in total.